The zero-order chi connectivity index (χ0) is 22.6. The highest BCUT2D eigenvalue weighted by Crippen LogP contribution is 2.27. The third kappa shape index (κ3) is 5.31. The summed E-state index contributed by atoms with van der Waals surface area (Å²) in [6, 6.07) is 8.74. The Morgan fingerprint density at radius 3 is 2.61 bits per heavy atom. The van der Waals surface area contributed by atoms with Gasteiger partial charge in [-0.05, 0) is 39.2 Å². The van der Waals surface area contributed by atoms with Crippen LogP contribution in [0.2, 0.25) is 0 Å². The molecule has 1 aromatic carbocycles. The van der Waals surface area contributed by atoms with Gasteiger partial charge in [0.25, 0.3) is 0 Å². The zero-order valence-electron chi connectivity index (χ0n) is 17.9. The summed E-state index contributed by atoms with van der Waals surface area (Å²) in [5.74, 6) is -0.935. The number of aromatic nitrogens is 1. The number of rotatable bonds is 7. The van der Waals surface area contributed by atoms with E-state index in [4.69, 9.17) is 4.52 Å². The van der Waals surface area contributed by atoms with E-state index < -0.39 is 22.0 Å². The number of hydrogen-bond acceptors (Lipinski definition) is 6. The van der Waals surface area contributed by atoms with Crippen molar-refractivity contribution in [3.8, 4) is 0 Å². The van der Waals surface area contributed by atoms with Crippen LogP contribution in [0, 0.1) is 19.8 Å². The summed E-state index contributed by atoms with van der Waals surface area (Å²) in [4.78, 5) is 25.1. The Bertz CT molecular complexity index is 1020. The molecule has 1 fully saturated rings. The molecule has 1 aromatic heterocycles. The van der Waals surface area contributed by atoms with Crippen LogP contribution >= 0.6 is 0 Å². The predicted molar refractivity (Wildman–Crippen MR) is 113 cm³/mol. The zero-order valence-corrected chi connectivity index (χ0v) is 18.7. The lowest BCUT2D eigenvalue weighted by Gasteiger charge is -2.31. The van der Waals surface area contributed by atoms with Crippen molar-refractivity contribution in [3.05, 3.63) is 47.3 Å². The maximum absolute atomic E-state index is 13.0. The maximum atomic E-state index is 13.0. The summed E-state index contributed by atoms with van der Waals surface area (Å²) in [6.07, 6.45) is 1.10. The van der Waals surface area contributed by atoms with Crippen LogP contribution in [0.1, 0.15) is 36.8 Å². The number of carbonyl (C=O) groups is 2. The van der Waals surface area contributed by atoms with Crippen LogP contribution in [0.15, 0.2) is 39.8 Å². The molecule has 0 radical (unpaired) electrons. The number of piperidine rings is 1. The molecule has 0 bridgehead atoms. The third-order valence-electron chi connectivity index (χ3n) is 5.38. The molecule has 10 heteroatoms. The Labute approximate surface area is 182 Å². The SMILES string of the molecule is Cc1noc(C)c1S(=O)(=O)N1CCCC(C(=O)NC(C)C(=O)NCc2ccccc2)C1. The normalized spacial score (nSPS) is 18.4. The lowest BCUT2D eigenvalue weighted by molar-refractivity contribution is -0.131. The molecule has 1 aliphatic rings. The van der Waals surface area contributed by atoms with Crippen LogP contribution in [0.4, 0.5) is 0 Å². The molecule has 2 amide bonds. The van der Waals surface area contributed by atoms with Gasteiger partial charge in [0.15, 0.2) is 5.76 Å². The summed E-state index contributed by atoms with van der Waals surface area (Å²) >= 11 is 0. The fourth-order valence-corrected chi connectivity index (χ4v) is 5.50. The monoisotopic (exact) mass is 448 g/mol. The van der Waals surface area contributed by atoms with Crippen LogP contribution < -0.4 is 10.6 Å². The molecule has 31 heavy (non-hydrogen) atoms. The molecular formula is C21H28N4O5S. The number of aryl methyl sites for hydroxylation is 2. The van der Waals surface area contributed by atoms with E-state index in [1.165, 1.54) is 4.31 Å². The molecule has 168 valence electrons. The van der Waals surface area contributed by atoms with Crippen molar-refractivity contribution < 1.29 is 22.5 Å². The van der Waals surface area contributed by atoms with Gasteiger partial charge in [-0.2, -0.15) is 4.31 Å². The van der Waals surface area contributed by atoms with Gasteiger partial charge in [0.1, 0.15) is 16.6 Å². The van der Waals surface area contributed by atoms with E-state index in [0.717, 1.165) is 5.56 Å². The number of amides is 2. The lowest BCUT2D eigenvalue weighted by Crippen LogP contribution is -2.50. The number of nitrogens with one attached hydrogen (secondary N) is 2. The first-order chi connectivity index (χ1) is 14.7. The van der Waals surface area contributed by atoms with Crippen molar-refractivity contribution in [3.63, 3.8) is 0 Å². The molecule has 2 heterocycles. The van der Waals surface area contributed by atoms with Gasteiger partial charge in [0.05, 0.1) is 5.92 Å². The third-order valence-corrected chi connectivity index (χ3v) is 7.49. The Morgan fingerprint density at radius 2 is 1.97 bits per heavy atom. The average molecular weight is 449 g/mol. The minimum atomic E-state index is -3.81. The molecular weight excluding hydrogens is 420 g/mol. The number of sulfonamides is 1. The second-order valence-electron chi connectivity index (χ2n) is 7.79. The Morgan fingerprint density at radius 1 is 1.26 bits per heavy atom. The highest BCUT2D eigenvalue weighted by molar-refractivity contribution is 7.89. The molecule has 0 aliphatic carbocycles. The topological polar surface area (TPSA) is 122 Å². The molecule has 9 nitrogen and oxygen atoms in total. The van der Waals surface area contributed by atoms with Crippen molar-refractivity contribution in [2.45, 2.75) is 51.1 Å². The summed E-state index contributed by atoms with van der Waals surface area (Å²) < 4.78 is 32.4. The fraction of sp³-hybridized carbons (Fsp3) is 0.476. The van der Waals surface area contributed by atoms with Crippen LogP contribution in [0.5, 0.6) is 0 Å². The van der Waals surface area contributed by atoms with E-state index in [1.54, 1.807) is 20.8 Å². The van der Waals surface area contributed by atoms with E-state index in [-0.39, 0.29) is 29.0 Å². The van der Waals surface area contributed by atoms with Gasteiger partial charge in [-0.25, -0.2) is 8.42 Å². The quantitative estimate of drug-likeness (QED) is 0.662. The van der Waals surface area contributed by atoms with Crippen LogP contribution in [0.25, 0.3) is 0 Å². The van der Waals surface area contributed by atoms with Crippen LogP contribution in [-0.2, 0) is 26.2 Å². The fourth-order valence-electron chi connectivity index (χ4n) is 3.68. The Kier molecular flexibility index (Phi) is 7.11. The molecule has 1 saturated heterocycles. The summed E-state index contributed by atoms with van der Waals surface area (Å²) in [7, 11) is -3.81. The van der Waals surface area contributed by atoms with E-state index in [9.17, 15) is 18.0 Å². The first-order valence-electron chi connectivity index (χ1n) is 10.2. The van der Waals surface area contributed by atoms with Gasteiger partial charge >= 0.3 is 0 Å². The second kappa shape index (κ2) is 9.61. The second-order valence-corrected chi connectivity index (χ2v) is 9.66. The van der Waals surface area contributed by atoms with Crippen LogP contribution in [0.3, 0.4) is 0 Å². The minimum Gasteiger partial charge on any atom is -0.360 e. The van der Waals surface area contributed by atoms with Crippen molar-refractivity contribution in [2.75, 3.05) is 13.1 Å². The lowest BCUT2D eigenvalue weighted by atomic mass is 9.98. The number of nitrogens with zero attached hydrogens (tertiary/aromatic N) is 2. The molecule has 2 unspecified atom stereocenters. The largest absolute Gasteiger partial charge is 0.360 e. The number of benzene rings is 1. The highest BCUT2D eigenvalue weighted by atomic mass is 32.2. The van der Waals surface area contributed by atoms with E-state index in [1.807, 2.05) is 30.3 Å². The molecule has 0 saturated carbocycles. The van der Waals surface area contributed by atoms with E-state index in [0.29, 0.717) is 31.6 Å². The van der Waals surface area contributed by atoms with Crippen molar-refractivity contribution >= 4 is 21.8 Å². The minimum absolute atomic E-state index is 0.0522. The van der Waals surface area contributed by atoms with Gasteiger partial charge in [0, 0.05) is 19.6 Å². The standard InChI is InChI=1S/C21H28N4O5S/c1-14-19(16(3)30-24-14)31(28,29)25-11-7-10-18(13-25)21(27)23-15(2)20(26)22-12-17-8-5-4-6-9-17/h4-6,8-9,15,18H,7,10-13H2,1-3H3,(H,22,26)(H,23,27). The number of carbonyl (C=O) groups excluding carboxylic acids is 2. The molecule has 2 atom stereocenters. The smallest absolute Gasteiger partial charge is 0.248 e. The highest BCUT2D eigenvalue weighted by Gasteiger charge is 2.37. The van der Waals surface area contributed by atoms with Crippen LogP contribution in [-0.4, -0.2) is 48.8 Å². The summed E-state index contributed by atoms with van der Waals surface area (Å²) in [5, 5.41) is 9.23. The first kappa shape index (κ1) is 23.0. The average Bonchev–Trinajstić information content (AvgIpc) is 3.11. The van der Waals surface area contributed by atoms with Crippen molar-refractivity contribution in [1.29, 1.82) is 0 Å². The van der Waals surface area contributed by atoms with Gasteiger partial charge < -0.3 is 15.2 Å². The molecule has 2 N–H and O–H groups in total. The summed E-state index contributed by atoms with van der Waals surface area (Å²) in [5.41, 5.74) is 1.26. The first-order valence-corrected chi connectivity index (χ1v) is 11.7. The molecule has 3 rings (SSSR count). The molecule has 2 aromatic rings. The summed E-state index contributed by atoms with van der Waals surface area (Å²) in [6.45, 7) is 5.48. The van der Waals surface area contributed by atoms with Gasteiger partial charge in [0.2, 0.25) is 21.8 Å². The Balaban J connectivity index is 1.58. The predicted octanol–water partition coefficient (Wildman–Crippen LogP) is 1.51. The number of hydrogen-bond donors (Lipinski definition) is 2. The van der Waals surface area contributed by atoms with E-state index in [2.05, 4.69) is 15.8 Å². The van der Waals surface area contributed by atoms with E-state index >= 15 is 0 Å². The van der Waals surface area contributed by atoms with Crippen molar-refractivity contribution in [2.24, 2.45) is 5.92 Å². The molecule has 1 aliphatic heterocycles. The molecule has 0 spiro atoms. The van der Waals surface area contributed by atoms with Gasteiger partial charge in [-0.1, -0.05) is 35.5 Å². The van der Waals surface area contributed by atoms with Gasteiger partial charge in [-0.3, -0.25) is 9.59 Å². The van der Waals surface area contributed by atoms with Crippen molar-refractivity contribution in [1.82, 2.24) is 20.1 Å². The maximum Gasteiger partial charge on any atom is 0.248 e. The van der Waals surface area contributed by atoms with Gasteiger partial charge in [-0.15, -0.1) is 0 Å². The Hall–Kier alpha value is -2.72.